The molecule has 292 valence electrons. The summed E-state index contributed by atoms with van der Waals surface area (Å²) in [5.74, 6) is -4.81. The summed E-state index contributed by atoms with van der Waals surface area (Å²) < 4.78 is 57.7. The maximum Gasteiger partial charge on any atom is 0.338 e. The molecule has 0 aromatic heterocycles. The molecule has 0 bridgehead atoms. The Balaban J connectivity index is 1.51. The van der Waals surface area contributed by atoms with Gasteiger partial charge in [0, 0.05) is 27.9 Å². The van der Waals surface area contributed by atoms with Crippen molar-refractivity contribution in [3.05, 3.63) is 108 Å². The van der Waals surface area contributed by atoms with Crippen LogP contribution in [0.15, 0.2) is 91.0 Å². The van der Waals surface area contributed by atoms with Gasteiger partial charge in [0.1, 0.15) is 6.10 Å². The van der Waals surface area contributed by atoms with Crippen LogP contribution in [0.1, 0.15) is 51.8 Å². The summed E-state index contributed by atoms with van der Waals surface area (Å²) in [4.78, 5) is 76.9. The second-order valence-electron chi connectivity index (χ2n) is 12.3. The monoisotopic (exact) mass is 764 g/mol. The Morgan fingerprint density at radius 3 is 1.40 bits per heavy atom. The van der Waals surface area contributed by atoms with Crippen LogP contribution in [0.3, 0.4) is 0 Å². The molecule has 2 aliphatic heterocycles. The third-order valence-corrected chi connectivity index (χ3v) is 8.31. The van der Waals surface area contributed by atoms with Crippen molar-refractivity contribution < 1.29 is 76.1 Å². The minimum absolute atomic E-state index is 0.133. The molecule has 16 nitrogen and oxygen atoms in total. The van der Waals surface area contributed by atoms with Crippen LogP contribution in [0.2, 0.25) is 0 Å². The Morgan fingerprint density at radius 1 is 0.527 bits per heavy atom. The number of hydrogen-bond donors (Lipinski definition) is 0. The van der Waals surface area contributed by atoms with Crippen LogP contribution in [0, 0.1) is 0 Å². The summed E-state index contributed by atoms with van der Waals surface area (Å²) in [6.07, 6.45) is -12.8. The highest BCUT2D eigenvalue weighted by Crippen LogP contribution is 2.33. The van der Waals surface area contributed by atoms with Crippen LogP contribution >= 0.6 is 0 Å². The average molecular weight is 765 g/mol. The first-order valence-electron chi connectivity index (χ1n) is 17.2. The Labute approximate surface area is 315 Å². The number of methoxy groups -OCH3 is 1. The van der Waals surface area contributed by atoms with E-state index in [1.807, 2.05) is 0 Å². The number of hydrogen-bond acceptors (Lipinski definition) is 16. The molecule has 0 saturated carbocycles. The van der Waals surface area contributed by atoms with Gasteiger partial charge in [0.15, 0.2) is 49.2 Å². The molecule has 0 radical (unpaired) electrons. The maximum absolute atomic E-state index is 13.6. The molecule has 2 saturated heterocycles. The normalized spacial score (nSPS) is 26.1. The number of ether oxygens (including phenoxy) is 10. The zero-order valence-corrected chi connectivity index (χ0v) is 30.3. The number of carbonyl (C=O) groups excluding carboxylic acids is 6. The van der Waals surface area contributed by atoms with E-state index in [1.54, 1.807) is 54.6 Å². The third-order valence-electron chi connectivity index (χ3n) is 8.31. The molecule has 3 aromatic rings. The van der Waals surface area contributed by atoms with Gasteiger partial charge in [-0.25, -0.2) is 14.4 Å². The van der Waals surface area contributed by atoms with Crippen molar-refractivity contribution in [1.82, 2.24) is 0 Å². The van der Waals surface area contributed by atoms with E-state index < -0.39 is 97.7 Å². The zero-order chi connectivity index (χ0) is 39.5. The van der Waals surface area contributed by atoms with Gasteiger partial charge in [0.05, 0.1) is 29.9 Å². The topological polar surface area (TPSA) is 195 Å². The van der Waals surface area contributed by atoms with E-state index in [4.69, 9.17) is 47.4 Å². The first-order valence-corrected chi connectivity index (χ1v) is 17.2. The minimum atomic E-state index is -1.57. The summed E-state index contributed by atoms with van der Waals surface area (Å²) in [7, 11) is 1.26. The highest BCUT2D eigenvalue weighted by atomic mass is 16.8. The first kappa shape index (κ1) is 40.5. The lowest BCUT2D eigenvalue weighted by molar-refractivity contribution is -0.316. The van der Waals surface area contributed by atoms with Crippen LogP contribution in [0.5, 0.6) is 0 Å². The predicted octanol–water partition coefficient (Wildman–Crippen LogP) is 3.20. The molecule has 0 unspecified atom stereocenters. The summed E-state index contributed by atoms with van der Waals surface area (Å²) in [5, 5.41) is 0. The summed E-state index contributed by atoms with van der Waals surface area (Å²) >= 11 is 0. The number of benzene rings is 3. The number of rotatable bonds is 13. The van der Waals surface area contributed by atoms with Crippen molar-refractivity contribution in [2.24, 2.45) is 0 Å². The first-order chi connectivity index (χ1) is 26.4. The lowest BCUT2D eigenvalue weighted by Gasteiger charge is -2.45. The van der Waals surface area contributed by atoms with Crippen molar-refractivity contribution in [1.29, 1.82) is 0 Å². The Kier molecular flexibility index (Phi) is 14.0. The Hall–Kier alpha value is -5.68. The van der Waals surface area contributed by atoms with Gasteiger partial charge >= 0.3 is 35.8 Å². The standard InChI is InChI=1S/C39H40O16/c1-22(40)49-28-20-47-39(33(51-24(3)42)31(28)50-23(2)41)48-21-29-30(53-35(43)25-14-8-5-9-15-25)32(54-36(44)26-16-10-6-11-17-26)34(38(46-4)52-29)55-37(45)27-18-12-7-13-19-27/h5-19,28-34,38-39H,20-21H2,1-4H3/t28-,29-,30-,31+,32+,33-,34-,38+,39+/m1/s1. The van der Waals surface area contributed by atoms with E-state index in [-0.39, 0.29) is 23.3 Å². The molecular weight excluding hydrogens is 724 g/mol. The predicted molar refractivity (Wildman–Crippen MR) is 185 cm³/mol. The SMILES string of the molecule is CO[C@H]1O[C@H](CO[C@@H]2OC[C@@H](OC(C)=O)[C@H](OC(C)=O)[C@H]2OC(C)=O)[C@@H](OC(=O)c2ccccc2)[C@H](OC(=O)c2ccccc2)[C@H]1OC(=O)c1ccccc1. The van der Waals surface area contributed by atoms with E-state index in [0.717, 1.165) is 20.8 Å². The second kappa shape index (κ2) is 19.1. The van der Waals surface area contributed by atoms with Crippen molar-refractivity contribution in [2.45, 2.75) is 76.1 Å². The molecule has 0 N–H and O–H groups in total. The van der Waals surface area contributed by atoms with Crippen LogP contribution in [-0.2, 0) is 61.8 Å². The number of carbonyl (C=O) groups is 6. The lowest BCUT2D eigenvalue weighted by Crippen LogP contribution is -2.63. The van der Waals surface area contributed by atoms with Gasteiger partial charge in [0.2, 0.25) is 0 Å². The van der Waals surface area contributed by atoms with Gasteiger partial charge in [-0.2, -0.15) is 0 Å². The third kappa shape index (κ3) is 10.7. The van der Waals surface area contributed by atoms with Gasteiger partial charge in [-0.05, 0) is 36.4 Å². The smallest absolute Gasteiger partial charge is 0.338 e. The minimum Gasteiger partial charge on any atom is -0.456 e. The van der Waals surface area contributed by atoms with Gasteiger partial charge in [-0.1, -0.05) is 54.6 Å². The Bertz CT molecular complexity index is 1780. The molecule has 55 heavy (non-hydrogen) atoms. The van der Waals surface area contributed by atoms with Crippen LogP contribution < -0.4 is 0 Å². The Morgan fingerprint density at radius 2 is 0.945 bits per heavy atom. The van der Waals surface area contributed by atoms with Crippen LogP contribution in [0.25, 0.3) is 0 Å². The molecule has 2 aliphatic rings. The zero-order valence-electron chi connectivity index (χ0n) is 30.3. The van der Waals surface area contributed by atoms with E-state index >= 15 is 0 Å². The van der Waals surface area contributed by atoms with E-state index in [0.29, 0.717) is 0 Å². The molecule has 2 heterocycles. The molecule has 9 atom stereocenters. The van der Waals surface area contributed by atoms with Crippen molar-refractivity contribution in [3.8, 4) is 0 Å². The molecule has 5 rings (SSSR count). The van der Waals surface area contributed by atoms with Gasteiger partial charge in [-0.15, -0.1) is 0 Å². The summed E-state index contributed by atoms with van der Waals surface area (Å²) in [5.41, 5.74) is 0.429. The summed E-state index contributed by atoms with van der Waals surface area (Å²) in [6, 6.07) is 23.9. The fourth-order valence-electron chi connectivity index (χ4n) is 5.94. The summed E-state index contributed by atoms with van der Waals surface area (Å²) in [6.45, 7) is 2.49. The maximum atomic E-state index is 13.6. The number of esters is 6. The van der Waals surface area contributed by atoms with E-state index in [1.165, 1.54) is 43.5 Å². The lowest BCUT2D eigenvalue weighted by atomic mass is 9.97. The van der Waals surface area contributed by atoms with Gasteiger partial charge in [0.25, 0.3) is 0 Å². The molecule has 0 amide bonds. The quantitative estimate of drug-likeness (QED) is 0.182. The molecular formula is C39H40O16. The second-order valence-corrected chi connectivity index (χ2v) is 12.3. The highest BCUT2D eigenvalue weighted by Gasteiger charge is 2.54. The molecule has 0 spiro atoms. The fourth-order valence-corrected chi connectivity index (χ4v) is 5.94. The molecule has 0 aliphatic carbocycles. The molecule has 3 aromatic carbocycles. The van der Waals surface area contributed by atoms with Crippen LogP contribution in [-0.4, -0.2) is 111 Å². The van der Waals surface area contributed by atoms with Crippen molar-refractivity contribution in [2.75, 3.05) is 20.3 Å². The van der Waals surface area contributed by atoms with Crippen molar-refractivity contribution in [3.63, 3.8) is 0 Å². The fraction of sp³-hybridized carbons (Fsp3) is 0.385. The molecule has 2 fully saturated rings. The van der Waals surface area contributed by atoms with E-state index in [2.05, 4.69) is 0 Å². The van der Waals surface area contributed by atoms with Gasteiger partial charge in [-0.3, -0.25) is 14.4 Å². The highest BCUT2D eigenvalue weighted by molar-refractivity contribution is 5.91. The van der Waals surface area contributed by atoms with Crippen molar-refractivity contribution >= 4 is 35.8 Å². The molecule has 16 heteroatoms. The van der Waals surface area contributed by atoms with Gasteiger partial charge < -0.3 is 47.4 Å². The average Bonchev–Trinajstić information content (AvgIpc) is 3.17. The largest absolute Gasteiger partial charge is 0.456 e. The van der Waals surface area contributed by atoms with Crippen LogP contribution in [0.4, 0.5) is 0 Å². The van der Waals surface area contributed by atoms with E-state index in [9.17, 15) is 28.8 Å².